The van der Waals surface area contributed by atoms with E-state index in [4.69, 9.17) is 5.11 Å². The number of benzene rings is 1. The summed E-state index contributed by atoms with van der Waals surface area (Å²) in [5, 5.41) is 12.8. The molecular weight excluding hydrogens is 230 g/mol. The third kappa shape index (κ3) is 2.74. The summed E-state index contributed by atoms with van der Waals surface area (Å²) < 4.78 is 0. The maximum atomic E-state index is 10.8. The zero-order valence-corrected chi connectivity index (χ0v) is 10.3. The van der Waals surface area contributed by atoms with Crippen molar-refractivity contribution in [3.05, 3.63) is 30.0 Å². The molecule has 1 aromatic heterocycles. The summed E-state index contributed by atoms with van der Waals surface area (Å²) in [7, 11) is 0. The SMILES string of the molecule is CC(C)CNc1ncc2cc(C(=O)O)ccc2n1. The Morgan fingerprint density at radius 1 is 1.44 bits per heavy atom. The number of nitrogens with zero attached hydrogens (tertiary/aromatic N) is 2. The Labute approximate surface area is 105 Å². The van der Waals surface area contributed by atoms with Gasteiger partial charge >= 0.3 is 5.97 Å². The predicted molar refractivity (Wildman–Crippen MR) is 69.8 cm³/mol. The number of anilines is 1. The average Bonchev–Trinajstić information content (AvgIpc) is 2.35. The van der Waals surface area contributed by atoms with Crippen molar-refractivity contribution >= 4 is 22.8 Å². The summed E-state index contributed by atoms with van der Waals surface area (Å²) in [4.78, 5) is 19.3. The number of aromatic nitrogens is 2. The third-order valence-electron chi connectivity index (χ3n) is 2.50. The van der Waals surface area contributed by atoms with Gasteiger partial charge in [0.05, 0.1) is 11.1 Å². The highest BCUT2D eigenvalue weighted by Gasteiger charge is 2.05. The number of carbonyl (C=O) groups is 1. The zero-order valence-electron chi connectivity index (χ0n) is 10.3. The maximum absolute atomic E-state index is 10.8. The number of aromatic carboxylic acids is 1. The molecule has 1 heterocycles. The predicted octanol–water partition coefficient (Wildman–Crippen LogP) is 2.40. The highest BCUT2D eigenvalue weighted by atomic mass is 16.4. The van der Waals surface area contributed by atoms with Crippen molar-refractivity contribution in [2.24, 2.45) is 5.92 Å². The first-order chi connectivity index (χ1) is 8.56. The standard InChI is InChI=1S/C13H15N3O2/c1-8(2)6-14-13-15-7-10-5-9(12(17)18)3-4-11(10)16-13/h3-5,7-8H,6H2,1-2H3,(H,17,18)(H,14,15,16). The van der Waals surface area contributed by atoms with Gasteiger partial charge in [0.25, 0.3) is 0 Å². The second-order valence-electron chi connectivity index (χ2n) is 4.55. The number of carboxylic acid groups (broad SMARTS) is 1. The molecule has 5 heteroatoms. The topological polar surface area (TPSA) is 75.1 Å². The number of carboxylic acids is 1. The first-order valence-electron chi connectivity index (χ1n) is 5.80. The molecule has 5 nitrogen and oxygen atoms in total. The third-order valence-corrected chi connectivity index (χ3v) is 2.50. The lowest BCUT2D eigenvalue weighted by atomic mass is 10.1. The van der Waals surface area contributed by atoms with Gasteiger partial charge in [0.2, 0.25) is 5.95 Å². The van der Waals surface area contributed by atoms with E-state index in [-0.39, 0.29) is 5.56 Å². The fourth-order valence-electron chi connectivity index (χ4n) is 1.55. The molecule has 0 spiro atoms. The molecule has 0 bridgehead atoms. The first-order valence-corrected chi connectivity index (χ1v) is 5.80. The minimum Gasteiger partial charge on any atom is -0.478 e. The van der Waals surface area contributed by atoms with Crippen LogP contribution in [-0.4, -0.2) is 27.6 Å². The number of nitrogens with one attached hydrogen (secondary N) is 1. The van der Waals surface area contributed by atoms with Crippen molar-refractivity contribution in [2.75, 3.05) is 11.9 Å². The van der Waals surface area contributed by atoms with E-state index in [1.807, 2.05) is 0 Å². The normalized spacial score (nSPS) is 10.8. The fourth-order valence-corrected chi connectivity index (χ4v) is 1.55. The lowest BCUT2D eigenvalue weighted by Crippen LogP contribution is -2.10. The number of fused-ring (bicyclic) bond motifs is 1. The van der Waals surface area contributed by atoms with Crippen LogP contribution in [-0.2, 0) is 0 Å². The summed E-state index contributed by atoms with van der Waals surface area (Å²) in [6.45, 7) is 5.01. The van der Waals surface area contributed by atoms with Gasteiger partial charge in [-0.2, -0.15) is 0 Å². The van der Waals surface area contributed by atoms with E-state index in [1.54, 1.807) is 24.4 Å². The number of hydrogen-bond acceptors (Lipinski definition) is 4. The Morgan fingerprint density at radius 3 is 2.89 bits per heavy atom. The summed E-state index contributed by atoms with van der Waals surface area (Å²) in [6.07, 6.45) is 1.64. The van der Waals surface area contributed by atoms with Crippen LogP contribution in [0, 0.1) is 5.92 Å². The van der Waals surface area contributed by atoms with Crippen molar-refractivity contribution < 1.29 is 9.90 Å². The lowest BCUT2D eigenvalue weighted by molar-refractivity contribution is 0.0697. The van der Waals surface area contributed by atoms with Gasteiger partial charge in [-0.3, -0.25) is 0 Å². The fraction of sp³-hybridized carbons (Fsp3) is 0.308. The van der Waals surface area contributed by atoms with Crippen LogP contribution in [0.1, 0.15) is 24.2 Å². The van der Waals surface area contributed by atoms with E-state index in [2.05, 4.69) is 29.1 Å². The Balaban J connectivity index is 2.29. The molecule has 2 aromatic rings. The van der Waals surface area contributed by atoms with E-state index in [0.717, 1.165) is 17.4 Å². The molecule has 1 aromatic carbocycles. The Bertz CT molecular complexity index is 581. The van der Waals surface area contributed by atoms with Crippen LogP contribution in [0.25, 0.3) is 10.9 Å². The van der Waals surface area contributed by atoms with Crippen LogP contribution in [0.15, 0.2) is 24.4 Å². The maximum Gasteiger partial charge on any atom is 0.335 e. The molecular formula is C13H15N3O2. The molecule has 2 rings (SSSR count). The highest BCUT2D eigenvalue weighted by Crippen LogP contribution is 2.15. The Hall–Kier alpha value is -2.17. The molecule has 0 unspecified atom stereocenters. The minimum absolute atomic E-state index is 0.244. The number of rotatable bonds is 4. The average molecular weight is 245 g/mol. The molecule has 0 aliphatic heterocycles. The molecule has 2 N–H and O–H groups in total. The van der Waals surface area contributed by atoms with Gasteiger partial charge in [-0.1, -0.05) is 13.8 Å². The quantitative estimate of drug-likeness (QED) is 0.865. The van der Waals surface area contributed by atoms with Crippen LogP contribution < -0.4 is 5.32 Å². The monoisotopic (exact) mass is 245 g/mol. The van der Waals surface area contributed by atoms with Crippen LogP contribution in [0.4, 0.5) is 5.95 Å². The van der Waals surface area contributed by atoms with Crippen LogP contribution in [0.5, 0.6) is 0 Å². The lowest BCUT2D eigenvalue weighted by Gasteiger charge is -2.07. The molecule has 0 saturated carbocycles. The molecule has 0 amide bonds. The zero-order chi connectivity index (χ0) is 13.1. The number of hydrogen-bond donors (Lipinski definition) is 2. The summed E-state index contributed by atoms with van der Waals surface area (Å²) in [5.74, 6) is 0.136. The minimum atomic E-state index is -0.945. The van der Waals surface area contributed by atoms with Crippen LogP contribution in [0.3, 0.4) is 0 Å². The van der Waals surface area contributed by atoms with Crippen molar-refractivity contribution in [3.63, 3.8) is 0 Å². The van der Waals surface area contributed by atoms with Gasteiger partial charge in [0.15, 0.2) is 0 Å². The Morgan fingerprint density at radius 2 is 2.22 bits per heavy atom. The second kappa shape index (κ2) is 5.00. The molecule has 0 aliphatic carbocycles. The summed E-state index contributed by atoms with van der Waals surface area (Å²) in [5.41, 5.74) is 0.982. The molecule has 0 aliphatic rings. The summed E-state index contributed by atoms with van der Waals surface area (Å²) in [6, 6.07) is 4.81. The van der Waals surface area contributed by atoms with Crippen molar-refractivity contribution in [2.45, 2.75) is 13.8 Å². The highest BCUT2D eigenvalue weighted by molar-refractivity contribution is 5.93. The van der Waals surface area contributed by atoms with Gasteiger partial charge in [-0.05, 0) is 24.1 Å². The van der Waals surface area contributed by atoms with E-state index in [1.165, 1.54) is 0 Å². The van der Waals surface area contributed by atoms with Gasteiger partial charge in [-0.15, -0.1) is 0 Å². The van der Waals surface area contributed by atoms with Gasteiger partial charge in [-0.25, -0.2) is 14.8 Å². The Kier molecular flexibility index (Phi) is 3.41. The first kappa shape index (κ1) is 12.3. The molecule has 0 fully saturated rings. The molecule has 0 atom stereocenters. The molecule has 94 valence electrons. The molecule has 0 radical (unpaired) electrons. The van der Waals surface area contributed by atoms with Crippen LogP contribution in [0.2, 0.25) is 0 Å². The van der Waals surface area contributed by atoms with Crippen molar-refractivity contribution in [1.29, 1.82) is 0 Å². The molecule has 18 heavy (non-hydrogen) atoms. The van der Waals surface area contributed by atoms with Gasteiger partial charge in [0, 0.05) is 18.1 Å². The van der Waals surface area contributed by atoms with Crippen LogP contribution >= 0.6 is 0 Å². The van der Waals surface area contributed by atoms with Crippen molar-refractivity contribution in [3.8, 4) is 0 Å². The van der Waals surface area contributed by atoms with Gasteiger partial charge < -0.3 is 10.4 Å². The van der Waals surface area contributed by atoms with E-state index in [0.29, 0.717) is 11.9 Å². The van der Waals surface area contributed by atoms with Crippen molar-refractivity contribution in [1.82, 2.24) is 9.97 Å². The molecule has 0 saturated heterocycles. The van der Waals surface area contributed by atoms with Gasteiger partial charge in [0.1, 0.15) is 0 Å². The second-order valence-corrected chi connectivity index (χ2v) is 4.55. The summed E-state index contributed by atoms with van der Waals surface area (Å²) >= 11 is 0. The largest absolute Gasteiger partial charge is 0.478 e. The van der Waals surface area contributed by atoms with E-state index < -0.39 is 5.97 Å². The smallest absolute Gasteiger partial charge is 0.335 e. The van der Waals surface area contributed by atoms with E-state index in [9.17, 15) is 4.79 Å². The van der Waals surface area contributed by atoms with E-state index >= 15 is 0 Å².